The Hall–Kier alpha value is -2.71. The number of aliphatic hydroxyl groups excluding tert-OH is 1. The number of aromatic hydroxyl groups is 1. The van der Waals surface area contributed by atoms with E-state index in [1.165, 1.54) is 32.8 Å². The summed E-state index contributed by atoms with van der Waals surface area (Å²) in [5, 5.41) is 31.5. The molecule has 0 bridgehead atoms. The number of rotatable bonds is 19. The molecule has 0 saturated heterocycles. The highest BCUT2D eigenvalue weighted by atomic mass is 16.5. The number of hydrogen-bond donors (Lipinski definition) is 3. The Labute approximate surface area is 326 Å². The minimum atomic E-state index is -0.727. The normalized spacial score (nSPS) is 24.6. The molecule has 8 nitrogen and oxygen atoms in total. The van der Waals surface area contributed by atoms with Crippen molar-refractivity contribution in [2.45, 2.75) is 199 Å². The van der Waals surface area contributed by atoms with Crippen LogP contribution in [0.2, 0.25) is 0 Å². The average Bonchev–Trinajstić information content (AvgIpc) is 3.37. The number of ether oxygens (including phenoxy) is 2. The van der Waals surface area contributed by atoms with Crippen LogP contribution in [0, 0.1) is 17.8 Å². The molecule has 3 N–H and O–H groups in total. The van der Waals surface area contributed by atoms with Crippen LogP contribution in [0.3, 0.4) is 0 Å². The van der Waals surface area contributed by atoms with E-state index in [0.29, 0.717) is 37.2 Å². The van der Waals surface area contributed by atoms with Gasteiger partial charge in [-0.25, -0.2) is 0 Å². The average molecular weight is 755 g/mol. The molecule has 8 heteroatoms. The lowest BCUT2D eigenvalue weighted by Gasteiger charge is -2.47. The van der Waals surface area contributed by atoms with Crippen LogP contribution in [0.25, 0.3) is 0 Å². The van der Waals surface area contributed by atoms with Gasteiger partial charge in [-0.3, -0.25) is 14.4 Å². The summed E-state index contributed by atoms with van der Waals surface area (Å²) < 4.78 is 11.0. The van der Waals surface area contributed by atoms with Gasteiger partial charge in [0, 0.05) is 54.9 Å². The molecule has 0 radical (unpaired) electrons. The van der Waals surface area contributed by atoms with Crippen molar-refractivity contribution in [3.63, 3.8) is 0 Å². The molecule has 4 rings (SSSR count). The van der Waals surface area contributed by atoms with Gasteiger partial charge in [-0.1, -0.05) is 97.6 Å². The first-order valence-electron chi connectivity index (χ1n) is 21.2. The zero-order chi connectivity index (χ0) is 40.1. The summed E-state index contributed by atoms with van der Waals surface area (Å²) in [6.07, 6.45) is 19.8. The molecular formula is C46H74O8. The maximum Gasteiger partial charge on any atom is 0.305 e. The van der Waals surface area contributed by atoms with Crippen molar-refractivity contribution >= 4 is 17.5 Å². The van der Waals surface area contributed by atoms with E-state index in [1.54, 1.807) is 0 Å². The quantitative estimate of drug-likeness (QED) is 0.0723. The molecule has 2 fully saturated rings. The van der Waals surface area contributed by atoms with Crippen molar-refractivity contribution in [2.24, 2.45) is 17.8 Å². The number of esters is 1. The zero-order valence-electron chi connectivity index (χ0n) is 35.0. The minimum Gasteiger partial charge on any atom is -0.508 e. The van der Waals surface area contributed by atoms with Crippen molar-refractivity contribution in [3.05, 3.63) is 35.4 Å². The molecule has 2 saturated carbocycles. The third kappa shape index (κ3) is 13.2. The number of phenols is 1. The fourth-order valence-corrected chi connectivity index (χ4v) is 8.92. The van der Waals surface area contributed by atoms with Gasteiger partial charge >= 0.3 is 5.97 Å². The van der Waals surface area contributed by atoms with Gasteiger partial charge in [-0.05, 0) is 82.4 Å². The summed E-state index contributed by atoms with van der Waals surface area (Å²) >= 11 is 0. The van der Waals surface area contributed by atoms with Crippen molar-refractivity contribution in [1.29, 1.82) is 0 Å². The highest BCUT2D eigenvalue weighted by Gasteiger charge is 2.48. The van der Waals surface area contributed by atoms with Crippen molar-refractivity contribution in [1.82, 2.24) is 0 Å². The largest absolute Gasteiger partial charge is 0.508 e. The number of carbonyl (C=O) groups is 3. The number of hydrogen-bond acceptors (Lipinski definition) is 8. The molecule has 0 spiro atoms. The van der Waals surface area contributed by atoms with Gasteiger partial charge in [0.2, 0.25) is 0 Å². The lowest BCUT2D eigenvalue weighted by atomic mass is 9.66. The topological polar surface area (TPSA) is 130 Å². The second-order valence-corrected chi connectivity index (χ2v) is 18.0. The Bertz CT molecular complexity index is 1390. The Balaban J connectivity index is 0.000000290. The molecule has 1 aliphatic heterocycles. The van der Waals surface area contributed by atoms with Crippen molar-refractivity contribution < 1.29 is 39.2 Å². The molecular weight excluding hydrogens is 680 g/mol. The van der Waals surface area contributed by atoms with E-state index in [0.717, 1.165) is 81.1 Å². The lowest BCUT2D eigenvalue weighted by Crippen LogP contribution is -2.47. The van der Waals surface area contributed by atoms with E-state index in [-0.39, 0.29) is 52.9 Å². The second kappa shape index (κ2) is 21.0. The van der Waals surface area contributed by atoms with Gasteiger partial charge < -0.3 is 24.8 Å². The first-order chi connectivity index (χ1) is 25.5. The van der Waals surface area contributed by atoms with Crippen LogP contribution in [0.15, 0.2) is 24.3 Å². The SMILES string of the molecule is CCCCC(C)(O)C/C=C/[C@H]1[C@H](O)CC(=O)[C@@H]1CCCCCCC(=O)OC.CCCCCCC(C)(C)c1cc(O)c2c(c1)OC(C)(C)[C@@H]1CCC(=O)C[C@@H]21. The van der Waals surface area contributed by atoms with Crippen LogP contribution >= 0.6 is 0 Å². The van der Waals surface area contributed by atoms with Gasteiger partial charge in [-0.15, -0.1) is 0 Å². The third-order valence-electron chi connectivity index (χ3n) is 12.5. The number of benzene rings is 1. The summed E-state index contributed by atoms with van der Waals surface area (Å²) in [5.41, 5.74) is 0.946. The molecule has 1 aromatic rings. The van der Waals surface area contributed by atoms with E-state index in [9.17, 15) is 29.7 Å². The van der Waals surface area contributed by atoms with Gasteiger partial charge in [0.1, 0.15) is 28.7 Å². The van der Waals surface area contributed by atoms with Gasteiger partial charge in [0.15, 0.2) is 0 Å². The second-order valence-electron chi connectivity index (χ2n) is 18.0. The molecule has 2 aliphatic carbocycles. The van der Waals surface area contributed by atoms with Crippen LogP contribution in [0.1, 0.15) is 188 Å². The van der Waals surface area contributed by atoms with Crippen LogP contribution in [-0.4, -0.2) is 57.3 Å². The first kappa shape index (κ1) is 45.7. The van der Waals surface area contributed by atoms with Gasteiger partial charge in [-0.2, -0.15) is 0 Å². The smallest absolute Gasteiger partial charge is 0.305 e. The molecule has 3 aliphatic rings. The maximum absolute atomic E-state index is 12.2. The number of fused-ring (bicyclic) bond motifs is 3. The molecule has 6 atom stereocenters. The summed E-state index contributed by atoms with van der Waals surface area (Å²) in [5.74, 6) is 1.45. The van der Waals surface area contributed by atoms with E-state index in [2.05, 4.69) is 52.3 Å². The molecule has 1 heterocycles. The summed E-state index contributed by atoms with van der Waals surface area (Å²) in [4.78, 5) is 35.5. The summed E-state index contributed by atoms with van der Waals surface area (Å²) in [7, 11) is 1.40. The summed E-state index contributed by atoms with van der Waals surface area (Å²) in [6.45, 7) is 14.9. The Morgan fingerprint density at radius 3 is 2.33 bits per heavy atom. The standard InChI is InChI=1S/C24H36O3.C22H38O5/c1-6-7-8-9-12-23(2,3)16-13-20(26)22-18-15-17(25)10-11-19(18)24(4,5)27-21(22)14-16;1-4-5-14-22(2,26)15-10-12-18-17(19(23)16-20(18)24)11-8-6-7-9-13-21(25)27-3/h13-14,18-19,26H,6-12,15H2,1-5H3;10,12,17-18,20,24,26H,4-9,11,13-16H2,1-3H3/b;12-10+/t18-,19-;17-,18-,20-,22?/m11/s1. The Morgan fingerprint density at radius 1 is 0.963 bits per heavy atom. The number of unbranched alkanes of at least 4 members (excludes halogenated alkanes) is 7. The van der Waals surface area contributed by atoms with E-state index >= 15 is 0 Å². The van der Waals surface area contributed by atoms with E-state index in [4.69, 9.17) is 4.74 Å². The molecule has 0 amide bonds. The predicted molar refractivity (Wildman–Crippen MR) is 216 cm³/mol. The predicted octanol–water partition coefficient (Wildman–Crippen LogP) is 10.2. The molecule has 0 aromatic heterocycles. The minimum absolute atomic E-state index is 0.00696. The van der Waals surface area contributed by atoms with Crippen LogP contribution in [0.5, 0.6) is 11.5 Å². The van der Waals surface area contributed by atoms with Crippen LogP contribution in [0.4, 0.5) is 0 Å². The Morgan fingerprint density at radius 2 is 1.65 bits per heavy atom. The Kier molecular flexibility index (Phi) is 17.8. The fourth-order valence-electron chi connectivity index (χ4n) is 8.92. The monoisotopic (exact) mass is 755 g/mol. The molecule has 306 valence electrons. The molecule has 54 heavy (non-hydrogen) atoms. The van der Waals surface area contributed by atoms with Gasteiger partial charge in [0.25, 0.3) is 0 Å². The number of Topliss-reactive ketones (excluding diaryl/α,β-unsaturated/α-hetero) is 2. The van der Waals surface area contributed by atoms with Gasteiger partial charge in [0.05, 0.1) is 18.8 Å². The maximum atomic E-state index is 12.2. The number of phenolic OH excluding ortho intramolecular Hbond substituents is 1. The van der Waals surface area contributed by atoms with E-state index in [1.807, 2.05) is 25.1 Å². The highest BCUT2D eigenvalue weighted by molar-refractivity contribution is 5.84. The molecule has 1 aromatic carbocycles. The number of methoxy groups -OCH3 is 1. The van der Waals surface area contributed by atoms with Crippen molar-refractivity contribution in [3.8, 4) is 11.5 Å². The van der Waals surface area contributed by atoms with E-state index < -0.39 is 11.7 Å². The lowest BCUT2D eigenvalue weighted by molar-refractivity contribution is -0.140. The van der Waals surface area contributed by atoms with Crippen LogP contribution in [-0.2, 0) is 24.5 Å². The summed E-state index contributed by atoms with van der Waals surface area (Å²) in [6, 6.07) is 4.06. The fraction of sp³-hybridized carbons (Fsp3) is 0.761. The number of carbonyl (C=O) groups excluding carboxylic acids is 3. The number of aliphatic hydroxyl groups is 2. The number of ketones is 2. The molecule has 1 unspecified atom stereocenters. The third-order valence-corrected chi connectivity index (χ3v) is 12.5. The first-order valence-corrected chi connectivity index (χ1v) is 21.2. The zero-order valence-corrected chi connectivity index (χ0v) is 35.0. The van der Waals surface area contributed by atoms with Crippen LogP contribution < -0.4 is 4.74 Å². The van der Waals surface area contributed by atoms with Crippen molar-refractivity contribution in [2.75, 3.05) is 7.11 Å². The highest BCUT2D eigenvalue weighted by Crippen LogP contribution is 2.54.